The maximum atomic E-state index is 13.3. The lowest BCUT2D eigenvalue weighted by Crippen LogP contribution is -2.30. The highest BCUT2D eigenvalue weighted by Gasteiger charge is 2.31. The number of fused-ring (bicyclic) bond motifs is 2. The lowest BCUT2D eigenvalue weighted by Gasteiger charge is -2.33. The minimum atomic E-state index is -0.858. The van der Waals surface area contributed by atoms with Crippen molar-refractivity contribution >= 4 is 68.2 Å². The minimum absolute atomic E-state index is 0.0175. The zero-order valence-corrected chi connectivity index (χ0v) is 24.1. The van der Waals surface area contributed by atoms with Crippen LogP contribution in [0.25, 0.3) is 0 Å². The average molecular weight is 538 g/mol. The highest BCUT2D eigenvalue weighted by molar-refractivity contribution is 8.76. The number of carbonyl (C=O) groups excluding carboxylic acids is 1. The van der Waals surface area contributed by atoms with Crippen LogP contribution in [0.15, 0.2) is 34.1 Å². The number of ether oxygens (including phenoxy) is 1. The predicted octanol–water partition coefficient (Wildman–Crippen LogP) is 6.67. The van der Waals surface area contributed by atoms with Crippen molar-refractivity contribution in [1.29, 1.82) is 0 Å². The van der Waals surface area contributed by atoms with E-state index in [2.05, 4.69) is 21.9 Å². The molecule has 0 fully saturated rings. The Morgan fingerprint density at radius 2 is 1.40 bits per heavy atom. The van der Waals surface area contributed by atoms with Crippen LogP contribution in [0.2, 0.25) is 0 Å². The van der Waals surface area contributed by atoms with Gasteiger partial charge in [0.05, 0.1) is 11.4 Å². The van der Waals surface area contributed by atoms with E-state index in [0.29, 0.717) is 5.75 Å². The number of benzene rings is 2. The third-order valence-electron chi connectivity index (χ3n) is 5.06. The largest absolute Gasteiger partial charge is 0.481 e. The molecular weight excluding hydrogens is 502 g/mol. The van der Waals surface area contributed by atoms with E-state index >= 15 is 0 Å². The third kappa shape index (κ3) is 7.17. The van der Waals surface area contributed by atoms with Gasteiger partial charge in [-0.2, -0.15) is 0 Å². The Balaban J connectivity index is 0.00000210. The van der Waals surface area contributed by atoms with E-state index in [-0.39, 0.29) is 12.4 Å². The van der Waals surface area contributed by atoms with Gasteiger partial charge in [0, 0.05) is 55.1 Å². The van der Waals surface area contributed by atoms with Gasteiger partial charge in [0.25, 0.3) is 0 Å². The molecule has 0 spiro atoms. The predicted molar refractivity (Wildman–Crippen MR) is 153 cm³/mol. The van der Waals surface area contributed by atoms with E-state index in [1.54, 1.807) is 16.7 Å². The molecule has 0 saturated carbocycles. The molecule has 35 heavy (non-hydrogen) atoms. The summed E-state index contributed by atoms with van der Waals surface area (Å²) in [7, 11) is 10.7. The molecule has 10 heteroatoms. The SMILES string of the molecule is CC.Cc1cc2c(cc1N(C)C)Sc1cc(N(C)C)c(C)cc1N2C(=O)OCCSSCC(=O)O. The molecule has 1 aliphatic rings. The summed E-state index contributed by atoms with van der Waals surface area (Å²) in [5.41, 5.74) is 5.97. The first kappa shape index (κ1) is 29.1. The Kier molecular flexibility index (Phi) is 11.0. The molecule has 0 radical (unpaired) electrons. The maximum Gasteiger partial charge on any atom is 0.419 e. The number of carbonyl (C=O) groups is 2. The molecule has 2 aromatic rings. The normalized spacial score (nSPS) is 11.6. The van der Waals surface area contributed by atoms with E-state index in [0.717, 1.165) is 43.7 Å². The van der Waals surface area contributed by atoms with Crippen molar-refractivity contribution in [3.63, 3.8) is 0 Å². The molecule has 1 heterocycles. The van der Waals surface area contributed by atoms with Gasteiger partial charge in [0.1, 0.15) is 12.4 Å². The zero-order chi connectivity index (χ0) is 26.3. The monoisotopic (exact) mass is 537 g/mol. The van der Waals surface area contributed by atoms with Crippen molar-refractivity contribution in [1.82, 2.24) is 0 Å². The lowest BCUT2D eigenvalue weighted by atomic mass is 10.1. The van der Waals surface area contributed by atoms with Crippen molar-refractivity contribution in [3.8, 4) is 0 Å². The number of amides is 1. The van der Waals surface area contributed by atoms with E-state index in [1.165, 1.54) is 21.6 Å². The summed E-state index contributed by atoms with van der Waals surface area (Å²) >= 11 is 1.66. The molecule has 0 atom stereocenters. The van der Waals surface area contributed by atoms with Gasteiger partial charge in [-0.3, -0.25) is 4.79 Å². The number of carboxylic acid groups (broad SMARTS) is 1. The molecule has 0 aromatic heterocycles. The highest BCUT2D eigenvalue weighted by atomic mass is 33.1. The summed E-state index contributed by atoms with van der Waals surface area (Å²) in [4.78, 5) is 31.7. The first-order valence-corrected chi connectivity index (χ1v) is 14.7. The molecular formula is C25H35N3O4S3. The van der Waals surface area contributed by atoms with Crippen molar-refractivity contribution < 1.29 is 19.4 Å². The fourth-order valence-corrected chi connectivity index (χ4v) is 6.28. The van der Waals surface area contributed by atoms with E-state index in [4.69, 9.17) is 9.84 Å². The molecule has 3 rings (SSSR count). The topological polar surface area (TPSA) is 73.3 Å². The first-order chi connectivity index (χ1) is 16.6. The number of aliphatic carboxylic acids is 1. The summed E-state index contributed by atoms with van der Waals surface area (Å²) in [5.74, 6) is -0.323. The number of rotatable bonds is 8. The van der Waals surface area contributed by atoms with Crippen LogP contribution in [0.5, 0.6) is 0 Å². The molecule has 2 aromatic carbocycles. The quantitative estimate of drug-likeness (QED) is 0.294. The third-order valence-corrected chi connectivity index (χ3v) is 8.37. The minimum Gasteiger partial charge on any atom is -0.481 e. The number of hydrogen-bond acceptors (Lipinski definition) is 8. The van der Waals surface area contributed by atoms with Crippen LogP contribution in [0.1, 0.15) is 25.0 Å². The van der Waals surface area contributed by atoms with Gasteiger partial charge in [-0.25, -0.2) is 9.69 Å². The second-order valence-corrected chi connectivity index (χ2v) is 11.7. The zero-order valence-electron chi connectivity index (χ0n) is 21.7. The number of hydrogen-bond donors (Lipinski definition) is 1. The number of aryl methyl sites for hydroxylation is 2. The van der Waals surface area contributed by atoms with Crippen LogP contribution in [0, 0.1) is 13.8 Å². The molecule has 1 N–H and O–H groups in total. The van der Waals surface area contributed by atoms with Crippen LogP contribution in [-0.2, 0) is 9.53 Å². The van der Waals surface area contributed by atoms with Gasteiger partial charge in [0.2, 0.25) is 0 Å². The van der Waals surface area contributed by atoms with E-state index in [1.807, 2.05) is 68.0 Å². The summed E-state index contributed by atoms with van der Waals surface area (Å²) < 4.78 is 5.61. The summed E-state index contributed by atoms with van der Waals surface area (Å²) in [6.45, 7) is 8.28. The van der Waals surface area contributed by atoms with Crippen LogP contribution in [-0.4, -0.2) is 63.5 Å². The Morgan fingerprint density at radius 1 is 0.914 bits per heavy atom. The average Bonchev–Trinajstić information content (AvgIpc) is 2.80. The van der Waals surface area contributed by atoms with Gasteiger partial charge in [-0.1, -0.05) is 47.2 Å². The van der Waals surface area contributed by atoms with Crippen LogP contribution in [0.3, 0.4) is 0 Å². The van der Waals surface area contributed by atoms with Gasteiger partial charge in [-0.05, 0) is 49.2 Å². The molecule has 0 unspecified atom stereocenters. The number of nitrogens with zero attached hydrogens (tertiary/aromatic N) is 3. The van der Waals surface area contributed by atoms with Gasteiger partial charge in [0.15, 0.2) is 0 Å². The Bertz CT molecular complexity index is 997. The smallest absolute Gasteiger partial charge is 0.419 e. The summed E-state index contributed by atoms with van der Waals surface area (Å²) in [6, 6.07) is 8.31. The lowest BCUT2D eigenvalue weighted by molar-refractivity contribution is -0.133. The molecule has 0 saturated heterocycles. The van der Waals surface area contributed by atoms with Crippen molar-refractivity contribution in [3.05, 3.63) is 35.4 Å². The highest BCUT2D eigenvalue weighted by Crippen LogP contribution is 2.51. The fraction of sp³-hybridized carbons (Fsp3) is 0.440. The van der Waals surface area contributed by atoms with Crippen LogP contribution in [0.4, 0.5) is 27.5 Å². The van der Waals surface area contributed by atoms with Gasteiger partial charge >= 0.3 is 12.1 Å². The molecule has 0 bridgehead atoms. The number of anilines is 4. The van der Waals surface area contributed by atoms with Crippen molar-refractivity contribution in [2.45, 2.75) is 37.5 Å². The summed E-state index contributed by atoms with van der Waals surface area (Å²) in [5, 5.41) is 8.73. The van der Waals surface area contributed by atoms with Crippen LogP contribution >= 0.6 is 33.3 Å². The molecule has 1 aliphatic heterocycles. The van der Waals surface area contributed by atoms with E-state index in [9.17, 15) is 9.59 Å². The Hall–Kier alpha value is -2.17. The number of carboxylic acids is 1. The molecule has 1 amide bonds. The summed E-state index contributed by atoms with van der Waals surface area (Å²) in [6.07, 6.45) is -0.435. The second-order valence-electron chi connectivity index (χ2n) is 8.03. The standard InChI is InChI=1S/C23H29N3O4S3.C2H6/c1-14-9-18-20(11-16(14)24(3)4)33-21-12-17(25(5)6)15(2)10-19(21)26(18)23(29)30-7-8-31-32-13-22(27)28;1-2/h9-12H,7-8,13H2,1-6H3,(H,27,28);1-2H3. The Morgan fingerprint density at radius 3 is 1.83 bits per heavy atom. The van der Waals surface area contributed by atoms with Gasteiger partial charge in [-0.15, -0.1) is 0 Å². The maximum absolute atomic E-state index is 13.3. The second kappa shape index (κ2) is 13.2. The van der Waals surface area contributed by atoms with E-state index < -0.39 is 12.1 Å². The first-order valence-electron chi connectivity index (χ1n) is 11.3. The van der Waals surface area contributed by atoms with Crippen LogP contribution < -0.4 is 14.7 Å². The molecule has 7 nitrogen and oxygen atoms in total. The fourth-order valence-electron chi connectivity index (χ4n) is 3.62. The van der Waals surface area contributed by atoms with Crippen molar-refractivity contribution in [2.24, 2.45) is 0 Å². The van der Waals surface area contributed by atoms with Crippen molar-refractivity contribution in [2.75, 3.05) is 61.0 Å². The molecule has 0 aliphatic carbocycles. The molecule has 192 valence electrons. The van der Waals surface area contributed by atoms with Gasteiger partial charge < -0.3 is 19.6 Å². The Labute approximate surface area is 221 Å².